The van der Waals surface area contributed by atoms with Gasteiger partial charge in [0.05, 0.1) is 0 Å². The van der Waals surface area contributed by atoms with Gasteiger partial charge in [-0.25, -0.2) is 0 Å². The van der Waals surface area contributed by atoms with E-state index in [9.17, 15) is 0 Å². The summed E-state index contributed by atoms with van der Waals surface area (Å²) in [6.45, 7) is 8.62. The molecule has 2 atom stereocenters. The minimum atomic E-state index is 0.717. The molecule has 16 heavy (non-hydrogen) atoms. The second-order valence-corrected chi connectivity index (χ2v) is 5.47. The monoisotopic (exact) mass is 225 g/mol. The Morgan fingerprint density at radius 3 is 2.81 bits per heavy atom. The Morgan fingerprint density at radius 2 is 2.06 bits per heavy atom. The van der Waals surface area contributed by atoms with Gasteiger partial charge in [0.1, 0.15) is 0 Å². The zero-order valence-corrected chi connectivity index (χ0v) is 10.9. The Morgan fingerprint density at radius 1 is 1.19 bits per heavy atom. The molecule has 0 aromatic carbocycles. The van der Waals surface area contributed by atoms with Crippen molar-refractivity contribution in [1.82, 2.24) is 15.1 Å². The van der Waals surface area contributed by atoms with Gasteiger partial charge in [-0.15, -0.1) is 0 Å². The lowest BCUT2D eigenvalue weighted by atomic mass is 10.0. The van der Waals surface area contributed by atoms with E-state index in [-0.39, 0.29) is 0 Å². The van der Waals surface area contributed by atoms with Crippen LogP contribution in [-0.4, -0.2) is 61.7 Å². The Bertz CT molecular complexity index is 207. The fourth-order valence-electron chi connectivity index (χ4n) is 3.07. The van der Waals surface area contributed by atoms with Crippen LogP contribution >= 0.6 is 0 Å². The standard InChI is InChI=1S/C13H27N3/c1-3-12-10-16(9-5-7-14-12)13-6-4-8-15(2)11-13/h12-14H,3-11H2,1-2H3. The van der Waals surface area contributed by atoms with Gasteiger partial charge in [-0.05, 0) is 52.4 Å². The summed E-state index contributed by atoms with van der Waals surface area (Å²) in [6, 6.07) is 1.53. The van der Waals surface area contributed by atoms with Gasteiger partial charge in [-0.3, -0.25) is 4.90 Å². The lowest BCUT2D eigenvalue weighted by Gasteiger charge is -2.38. The molecule has 0 spiro atoms. The highest BCUT2D eigenvalue weighted by Gasteiger charge is 2.26. The highest BCUT2D eigenvalue weighted by atomic mass is 15.2. The molecule has 0 radical (unpaired) electrons. The highest BCUT2D eigenvalue weighted by Crippen LogP contribution is 2.17. The molecule has 0 aromatic rings. The molecular weight excluding hydrogens is 198 g/mol. The molecule has 1 N–H and O–H groups in total. The first-order valence-corrected chi connectivity index (χ1v) is 6.95. The first-order valence-electron chi connectivity index (χ1n) is 6.95. The van der Waals surface area contributed by atoms with Crippen LogP contribution in [0.15, 0.2) is 0 Å². The van der Waals surface area contributed by atoms with E-state index < -0.39 is 0 Å². The second-order valence-electron chi connectivity index (χ2n) is 5.47. The number of hydrogen-bond donors (Lipinski definition) is 1. The number of likely N-dealkylation sites (tertiary alicyclic amines) is 1. The van der Waals surface area contributed by atoms with E-state index >= 15 is 0 Å². The van der Waals surface area contributed by atoms with Crippen LogP contribution in [0, 0.1) is 0 Å². The summed E-state index contributed by atoms with van der Waals surface area (Å²) in [7, 11) is 2.26. The van der Waals surface area contributed by atoms with E-state index in [1.165, 1.54) is 58.4 Å². The normalized spacial score (nSPS) is 34.9. The van der Waals surface area contributed by atoms with Gasteiger partial charge < -0.3 is 10.2 Å². The van der Waals surface area contributed by atoms with Crippen molar-refractivity contribution >= 4 is 0 Å². The van der Waals surface area contributed by atoms with Crippen LogP contribution < -0.4 is 5.32 Å². The maximum Gasteiger partial charge on any atom is 0.0224 e. The lowest BCUT2D eigenvalue weighted by Crippen LogP contribution is -2.49. The summed E-state index contributed by atoms with van der Waals surface area (Å²) in [5, 5.41) is 3.66. The summed E-state index contributed by atoms with van der Waals surface area (Å²) in [4.78, 5) is 5.23. The van der Waals surface area contributed by atoms with Gasteiger partial charge in [0.15, 0.2) is 0 Å². The van der Waals surface area contributed by atoms with Gasteiger partial charge in [0, 0.05) is 25.2 Å². The molecule has 2 rings (SSSR count). The van der Waals surface area contributed by atoms with Crippen molar-refractivity contribution in [3.05, 3.63) is 0 Å². The van der Waals surface area contributed by atoms with Gasteiger partial charge in [0.2, 0.25) is 0 Å². The third-order valence-electron chi connectivity index (χ3n) is 4.12. The summed E-state index contributed by atoms with van der Waals surface area (Å²) in [5.41, 5.74) is 0. The Hall–Kier alpha value is -0.120. The second kappa shape index (κ2) is 5.99. The van der Waals surface area contributed by atoms with E-state index in [1.54, 1.807) is 0 Å². The SMILES string of the molecule is CCC1CN(C2CCCN(C)C2)CCCN1. The third-order valence-corrected chi connectivity index (χ3v) is 4.12. The quantitative estimate of drug-likeness (QED) is 0.761. The molecule has 2 aliphatic heterocycles. The molecule has 3 nitrogen and oxygen atoms in total. The van der Waals surface area contributed by atoms with Crippen LogP contribution in [0.3, 0.4) is 0 Å². The Kier molecular flexibility index (Phi) is 4.62. The first-order chi connectivity index (χ1) is 7.79. The summed E-state index contributed by atoms with van der Waals surface area (Å²) in [6.07, 6.45) is 5.36. The number of nitrogens with one attached hydrogen (secondary N) is 1. The topological polar surface area (TPSA) is 18.5 Å². The van der Waals surface area contributed by atoms with Crippen LogP contribution in [0.4, 0.5) is 0 Å². The van der Waals surface area contributed by atoms with Gasteiger partial charge in [-0.1, -0.05) is 6.92 Å². The number of rotatable bonds is 2. The van der Waals surface area contributed by atoms with Crippen molar-refractivity contribution in [2.24, 2.45) is 0 Å². The molecule has 2 saturated heterocycles. The van der Waals surface area contributed by atoms with Crippen molar-refractivity contribution in [1.29, 1.82) is 0 Å². The maximum atomic E-state index is 3.66. The Balaban J connectivity index is 1.90. The zero-order chi connectivity index (χ0) is 11.4. The smallest absolute Gasteiger partial charge is 0.0224 e. The average molecular weight is 225 g/mol. The zero-order valence-electron chi connectivity index (χ0n) is 10.9. The summed E-state index contributed by atoms with van der Waals surface area (Å²) < 4.78 is 0. The molecule has 2 aliphatic rings. The third kappa shape index (κ3) is 3.19. The predicted molar refractivity (Wildman–Crippen MR) is 68.8 cm³/mol. The van der Waals surface area contributed by atoms with Gasteiger partial charge in [0.25, 0.3) is 0 Å². The molecule has 3 heteroatoms. The highest BCUT2D eigenvalue weighted by molar-refractivity contribution is 4.84. The molecule has 0 bridgehead atoms. The fourth-order valence-corrected chi connectivity index (χ4v) is 3.07. The van der Waals surface area contributed by atoms with E-state index in [2.05, 4.69) is 29.1 Å². The van der Waals surface area contributed by atoms with E-state index in [0.717, 1.165) is 12.1 Å². The van der Waals surface area contributed by atoms with Gasteiger partial charge in [-0.2, -0.15) is 0 Å². The fraction of sp³-hybridized carbons (Fsp3) is 1.00. The predicted octanol–water partition coefficient (Wildman–Crippen LogP) is 1.15. The van der Waals surface area contributed by atoms with Crippen LogP contribution in [0.5, 0.6) is 0 Å². The van der Waals surface area contributed by atoms with Crippen LogP contribution in [0.2, 0.25) is 0 Å². The summed E-state index contributed by atoms with van der Waals surface area (Å²) >= 11 is 0. The summed E-state index contributed by atoms with van der Waals surface area (Å²) in [5.74, 6) is 0. The van der Waals surface area contributed by atoms with Crippen molar-refractivity contribution in [2.45, 2.75) is 44.7 Å². The van der Waals surface area contributed by atoms with Crippen LogP contribution in [-0.2, 0) is 0 Å². The molecule has 2 heterocycles. The molecule has 94 valence electrons. The molecular formula is C13H27N3. The van der Waals surface area contributed by atoms with Crippen LogP contribution in [0.1, 0.15) is 32.6 Å². The Labute approximate surface area is 100 Å². The van der Waals surface area contributed by atoms with Crippen molar-refractivity contribution in [3.8, 4) is 0 Å². The van der Waals surface area contributed by atoms with Crippen molar-refractivity contribution in [2.75, 3.05) is 39.8 Å². The minimum Gasteiger partial charge on any atom is -0.313 e. The van der Waals surface area contributed by atoms with Crippen LogP contribution in [0.25, 0.3) is 0 Å². The molecule has 0 amide bonds. The largest absolute Gasteiger partial charge is 0.313 e. The number of nitrogens with zero attached hydrogens (tertiary/aromatic N) is 2. The molecule has 0 aromatic heterocycles. The molecule has 2 unspecified atom stereocenters. The van der Waals surface area contributed by atoms with Gasteiger partial charge >= 0.3 is 0 Å². The number of piperidine rings is 1. The maximum absolute atomic E-state index is 3.66. The van der Waals surface area contributed by atoms with E-state index in [0.29, 0.717) is 0 Å². The van der Waals surface area contributed by atoms with Crippen molar-refractivity contribution in [3.63, 3.8) is 0 Å². The first kappa shape index (κ1) is 12.3. The molecule has 2 fully saturated rings. The molecule has 0 saturated carbocycles. The number of likely N-dealkylation sites (N-methyl/N-ethyl adjacent to an activating group) is 1. The van der Waals surface area contributed by atoms with E-state index in [4.69, 9.17) is 0 Å². The van der Waals surface area contributed by atoms with E-state index in [1.807, 2.05) is 0 Å². The lowest BCUT2D eigenvalue weighted by molar-refractivity contribution is 0.110. The molecule has 0 aliphatic carbocycles. The number of hydrogen-bond acceptors (Lipinski definition) is 3. The van der Waals surface area contributed by atoms with Crippen molar-refractivity contribution < 1.29 is 0 Å². The minimum absolute atomic E-state index is 0.717. The average Bonchev–Trinajstić information content (AvgIpc) is 2.54.